The molecule has 1 N–H and O–H groups in total. The fourth-order valence-electron chi connectivity index (χ4n) is 2.95. The summed E-state index contributed by atoms with van der Waals surface area (Å²) >= 11 is 0. The zero-order valence-corrected chi connectivity index (χ0v) is 16.4. The van der Waals surface area contributed by atoms with Crippen LogP contribution in [-0.4, -0.2) is 23.1 Å². The number of esters is 1. The van der Waals surface area contributed by atoms with Gasteiger partial charge in [-0.25, -0.2) is 4.79 Å². The largest absolute Gasteiger partial charge is 0.467 e. The fraction of sp³-hybridized carbons (Fsp3) is 0.182. The van der Waals surface area contributed by atoms with Gasteiger partial charge >= 0.3 is 5.97 Å². The number of benzene rings is 1. The van der Waals surface area contributed by atoms with Crippen LogP contribution in [0.2, 0.25) is 0 Å². The predicted octanol–water partition coefficient (Wildman–Crippen LogP) is 3.29. The van der Waals surface area contributed by atoms with E-state index in [4.69, 9.17) is 14.4 Å². The topological polar surface area (TPSA) is 121 Å². The van der Waals surface area contributed by atoms with Crippen molar-refractivity contribution in [3.05, 3.63) is 76.4 Å². The van der Waals surface area contributed by atoms with Crippen molar-refractivity contribution in [3.8, 4) is 12.1 Å². The molecule has 0 radical (unpaired) electrons. The summed E-state index contributed by atoms with van der Waals surface area (Å²) < 4.78 is 12.2. The maximum atomic E-state index is 12.4. The van der Waals surface area contributed by atoms with Gasteiger partial charge in [-0.1, -0.05) is 0 Å². The van der Waals surface area contributed by atoms with E-state index in [-0.39, 0.29) is 5.56 Å². The number of nitriles is 2. The van der Waals surface area contributed by atoms with E-state index >= 15 is 0 Å². The molecule has 0 saturated carbocycles. The van der Waals surface area contributed by atoms with E-state index in [2.05, 4.69) is 11.4 Å². The molecule has 3 rings (SSSR count). The summed E-state index contributed by atoms with van der Waals surface area (Å²) in [4.78, 5) is 24.5. The van der Waals surface area contributed by atoms with Crippen LogP contribution in [0.3, 0.4) is 0 Å². The number of amides is 1. The Bertz CT molecular complexity index is 1160. The molecule has 1 aromatic carbocycles. The van der Waals surface area contributed by atoms with E-state index in [1.807, 2.05) is 13.0 Å². The molecule has 0 saturated heterocycles. The number of furan rings is 1. The van der Waals surface area contributed by atoms with Crippen LogP contribution in [0.5, 0.6) is 0 Å². The van der Waals surface area contributed by atoms with Crippen LogP contribution in [0.15, 0.2) is 47.1 Å². The molecule has 2 aromatic heterocycles. The van der Waals surface area contributed by atoms with E-state index in [1.54, 1.807) is 29.9 Å². The zero-order chi connectivity index (χ0) is 21.7. The Morgan fingerprint density at radius 1 is 1.13 bits per heavy atom. The Kier molecular flexibility index (Phi) is 6.00. The Morgan fingerprint density at radius 3 is 2.47 bits per heavy atom. The smallest absolute Gasteiger partial charge is 0.338 e. The number of carbonyl (C=O) groups is 2. The number of ether oxygens (including phenoxy) is 1. The molecule has 0 spiro atoms. The van der Waals surface area contributed by atoms with Crippen molar-refractivity contribution in [2.24, 2.45) is 0 Å². The second kappa shape index (κ2) is 8.80. The van der Waals surface area contributed by atoms with Crippen molar-refractivity contribution in [3.63, 3.8) is 0 Å². The average Bonchev–Trinajstić information content (AvgIpc) is 3.35. The van der Waals surface area contributed by atoms with E-state index in [9.17, 15) is 14.9 Å². The third-order valence-electron chi connectivity index (χ3n) is 4.68. The number of nitrogens with one attached hydrogen (secondary N) is 1. The summed E-state index contributed by atoms with van der Waals surface area (Å²) in [5.41, 5.74) is 2.54. The van der Waals surface area contributed by atoms with Gasteiger partial charge in [0, 0.05) is 5.69 Å². The van der Waals surface area contributed by atoms with Crippen molar-refractivity contribution in [1.29, 1.82) is 10.5 Å². The van der Waals surface area contributed by atoms with Gasteiger partial charge in [-0.05, 0) is 55.8 Å². The number of carbonyl (C=O) groups excluding carboxylic acids is 2. The lowest BCUT2D eigenvalue weighted by atomic mass is 10.1. The predicted molar refractivity (Wildman–Crippen MR) is 107 cm³/mol. The quantitative estimate of drug-likeness (QED) is 0.632. The van der Waals surface area contributed by atoms with Crippen LogP contribution >= 0.6 is 0 Å². The summed E-state index contributed by atoms with van der Waals surface area (Å²) in [6.45, 7) is 3.46. The SMILES string of the molecule is Cc1c(C#N)c(NC(=O)COC(=O)c2ccc(C#N)cc2)n(Cc2ccco2)c1C. The van der Waals surface area contributed by atoms with Gasteiger partial charge in [0.1, 0.15) is 17.6 Å². The lowest BCUT2D eigenvalue weighted by Gasteiger charge is -2.12. The number of hydrogen-bond donors (Lipinski definition) is 1. The first-order valence-corrected chi connectivity index (χ1v) is 9.04. The van der Waals surface area contributed by atoms with Gasteiger partial charge in [-0.15, -0.1) is 0 Å². The monoisotopic (exact) mass is 402 g/mol. The number of nitrogens with zero attached hydrogens (tertiary/aromatic N) is 3. The maximum absolute atomic E-state index is 12.4. The van der Waals surface area contributed by atoms with Crippen molar-refractivity contribution in [2.45, 2.75) is 20.4 Å². The molecular formula is C22H18N4O4. The normalized spacial score (nSPS) is 10.1. The summed E-state index contributed by atoms with van der Waals surface area (Å²) in [6, 6.07) is 13.5. The second-order valence-corrected chi connectivity index (χ2v) is 6.52. The highest BCUT2D eigenvalue weighted by molar-refractivity contribution is 5.96. The zero-order valence-electron chi connectivity index (χ0n) is 16.4. The third-order valence-corrected chi connectivity index (χ3v) is 4.68. The first-order valence-electron chi connectivity index (χ1n) is 9.04. The summed E-state index contributed by atoms with van der Waals surface area (Å²) in [5.74, 6) is -0.274. The van der Waals surface area contributed by atoms with Crippen molar-refractivity contribution in [2.75, 3.05) is 11.9 Å². The van der Waals surface area contributed by atoms with E-state index in [1.165, 1.54) is 24.3 Å². The Labute approximate surface area is 172 Å². The molecule has 150 valence electrons. The van der Waals surface area contributed by atoms with Crippen LogP contribution in [-0.2, 0) is 16.1 Å². The summed E-state index contributed by atoms with van der Waals surface area (Å²) in [5, 5.41) is 21.0. The molecule has 0 aliphatic heterocycles. The molecule has 0 fully saturated rings. The number of rotatable bonds is 6. The molecule has 1 amide bonds. The second-order valence-electron chi connectivity index (χ2n) is 6.52. The highest BCUT2D eigenvalue weighted by atomic mass is 16.5. The average molecular weight is 402 g/mol. The molecule has 3 aromatic rings. The minimum Gasteiger partial charge on any atom is -0.467 e. The summed E-state index contributed by atoms with van der Waals surface area (Å²) in [6.07, 6.45) is 1.55. The first-order chi connectivity index (χ1) is 14.4. The van der Waals surface area contributed by atoms with Crippen LogP contribution in [0.25, 0.3) is 0 Å². The van der Waals surface area contributed by atoms with Gasteiger partial charge < -0.3 is 19.0 Å². The highest BCUT2D eigenvalue weighted by Gasteiger charge is 2.21. The van der Waals surface area contributed by atoms with Crippen LogP contribution in [0, 0.1) is 36.5 Å². The Balaban J connectivity index is 1.72. The lowest BCUT2D eigenvalue weighted by Crippen LogP contribution is -2.23. The van der Waals surface area contributed by atoms with Crippen LogP contribution in [0.4, 0.5) is 5.82 Å². The Morgan fingerprint density at radius 2 is 1.87 bits per heavy atom. The van der Waals surface area contributed by atoms with Crippen LogP contribution < -0.4 is 5.32 Å². The molecular weight excluding hydrogens is 384 g/mol. The van der Waals surface area contributed by atoms with Gasteiger partial charge in [-0.2, -0.15) is 10.5 Å². The molecule has 0 aliphatic carbocycles. The van der Waals surface area contributed by atoms with E-state index in [0.29, 0.717) is 29.2 Å². The third kappa shape index (κ3) is 4.23. The molecule has 0 aliphatic rings. The fourth-order valence-corrected chi connectivity index (χ4v) is 2.95. The molecule has 0 bridgehead atoms. The van der Waals surface area contributed by atoms with Gasteiger partial charge in [0.05, 0.1) is 35.6 Å². The standard InChI is InChI=1S/C22H18N4O4/c1-14-15(2)26(12-18-4-3-9-29-18)21(19(14)11-24)25-20(27)13-30-22(28)17-7-5-16(10-23)6-8-17/h3-9H,12-13H2,1-2H3,(H,25,27). The summed E-state index contributed by atoms with van der Waals surface area (Å²) in [7, 11) is 0. The first kappa shape index (κ1) is 20.4. The number of hydrogen-bond acceptors (Lipinski definition) is 6. The lowest BCUT2D eigenvalue weighted by molar-refractivity contribution is -0.119. The molecule has 8 heteroatoms. The molecule has 0 atom stereocenters. The van der Waals surface area contributed by atoms with Gasteiger partial charge in [0.15, 0.2) is 6.61 Å². The minimum absolute atomic E-state index is 0.229. The van der Waals surface area contributed by atoms with Gasteiger partial charge in [0.2, 0.25) is 0 Å². The molecule has 30 heavy (non-hydrogen) atoms. The molecule has 8 nitrogen and oxygen atoms in total. The molecule has 0 unspecified atom stereocenters. The van der Waals surface area contributed by atoms with Crippen LogP contribution in [0.1, 0.15) is 38.5 Å². The van der Waals surface area contributed by atoms with Gasteiger partial charge in [-0.3, -0.25) is 4.79 Å². The van der Waals surface area contributed by atoms with Crippen molar-refractivity contribution >= 4 is 17.7 Å². The number of aromatic nitrogens is 1. The van der Waals surface area contributed by atoms with E-state index < -0.39 is 18.5 Å². The molecule has 2 heterocycles. The number of anilines is 1. The minimum atomic E-state index is -0.687. The van der Waals surface area contributed by atoms with E-state index in [0.717, 1.165) is 11.3 Å². The maximum Gasteiger partial charge on any atom is 0.338 e. The Hall–Kier alpha value is -4.30. The van der Waals surface area contributed by atoms with Crippen molar-refractivity contribution in [1.82, 2.24) is 4.57 Å². The highest BCUT2D eigenvalue weighted by Crippen LogP contribution is 2.27. The van der Waals surface area contributed by atoms with Gasteiger partial charge in [0.25, 0.3) is 5.91 Å². The van der Waals surface area contributed by atoms with Crippen molar-refractivity contribution < 1.29 is 18.7 Å².